The first-order chi connectivity index (χ1) is 11.6. The van der Waals surface area contributed by atoms with Crippen molar-refractivity contribution in [1.82, 2.24) is 19.4 Å². The van der Waals surface area contributed by atoms with Gasteiger partial charge >= 0.3 is 6.09 Å². The molecule has 9 heteroatoms. The molecule has 1 atom stereocenters. The number of imidazole rings is 1. The van der Waals surface area contributed by atoms with E-state index >= 15 is 0 Å². The summed E-state index contributed by atoms with van der Waals surface area (Å²) < 4.78 is 12.4. The largest absolute Gasteiger partial charge is 0.447 e. The van der Waals surface area contributed by atoms with E-state index in [1.807, 2.05) is 10.6 Å². The number of anilines is 1. The minimum absolute atomic E-state index is 0.0393. The monoisotopic (exact) mass is 351 g/mol. The predicted octanol–water partition coefficient (Wildman–Crippen LogP) is 1.37. The quantitative estimate of drug-likeness (QED) is 0.778. The highest BCUT2D eigenvalue weighted by molar-refractivity contribution is 6.30. The number of halogens is 1. The van der Waals surface area contributed by atoms with Crippen molar-refractivity contribution in [2.45, 2.75) is 12.6 Å². The first-order valence-electron chi connectivity index (χ1n) is 7.87. The Morgan fingerprint density at radius 3 is 2.88 bits per heavy atom. The van der Waals surface area contributed by atoms with E-state index in [1.54, 1.807) is 18.3 Å². The van der Waals surface area contributed by atoms with E-state index in [2.05, 4.69) is 14.9 Å². The van der Waals surface area contributed by atoms with Gasteiger partial charge in [0.2, 0.25) is 0 Å². The van der Waals surface area contributed by atoms with Crippen LogP contribution in [-0.2, 0) is 16.0 Å². The van der Waals surface area contributed by atoms with Crippen LogP contribution >= 0.6 is 11.6 Å². The van der Waals surface area contributed by atoms with Crippen LogP contribution in [0.25, 0.3) is 11.2 Å². The zero-order valence-corrected chi connectivity index (χ0v) is 14.1. The van der Waals surface area contributed by atoms with Gasteiger partial charge in [-0.25, -0.2) is 14.8 Å². The summed E-state index contributed by atoms with van der Waals surface area (Å²) in [5, 5.41) is 0.429. The van der Waals surface area contributed by atoms with E-state index < -0.39 is 0 Å². The van der Waals surface area contributed by atoms with Crippen LogP contribution in [0.1, 0.15) is 0 Å². The number of morpholine rings is 1. The first-order valence-corrected chi connectivity index (χ1v) is 8.25. The molecule has 0 radical (unpaired) electrons. The molecule has 0 unspecified atom stereocenters. The lowest BCUT2D eigenvalue weighted by Gasteiger charge is -2.29. The zero-order chi connectivity index (χ0) is 16.7. The molecule has 0 bridgehead atoms. The van der Waals surface area contributed by atoms with Gasteiger partial charge in [-0.15, -0.1) is 0 Å². The fraction of sp³-hybridized carbons (Fsp3) is 0.533. The lowest BCUT2D eigenvalue weighted by atomic mass is 10.2. The van der Waals surface area contributed by atoms with Crippen molar-refractivity contribution < 1.29 is 14.3 Å². The number of hydrogen-bond acceptors (Lipinski definition) is 6. The Bertz CT molecular complexity index is 774. The maximum Gasteiger partial charge on any atom is 0.410 e. The summed E-state index contributed by atoms with van der Waals surface area (Å²) >= 11 is 6.24. The van der Waals surface area contributed by atoms with E-state index in [0.717, 1.165) is 29.9 Å². The second-order valence-electron chi connectivity index (χ2n) is 5.97. The molecular weight excluding hydrogens is 334 g/mol. The van der Waals surface area contributed by atoms with Crippen LogP contribution in [0.3, 0.4) is 0 Å². The van der Waals surface area contributed by atoms with Gasteiger partial charge in [0.1, 0.15) is 17.3 Å². The number of carbonyl (C=O) groups excluding carboxylic acids is 1. The second kappa shape index (κ2) is 6.10. The van der Waals surface area contributed by atoms with Crippen LogP contribution in [0.15, 0.2) is 12.4 Å². The highest BCUT2D eigenvalue weighted by Gasteiger charge is 2.30. The number of cyclic esters (lactones) is 1. The standard InChI is InChI=1S/C15H18ClN5O3/c1-19-10(8-24-15(19)22)7-21-9-17-13-11(6-12(16)18-14(13)21)20-2-4-23-5-3-20/h6,9-10H,2-5,7-8H2,1H3/t10-/m1/s1. The number of likely N-dealkylation sites (N-methyl/N-ethyl adjacent to an activating group) is 1. The second-order valence-corrected chi connectivity index (χ2v) is 6.36. The van der Waals surface area contributed by atoms with Crippen LogP contribution in [0.4, 0.5) is 10.5 Å². The molecule has 1 amide bonds. The third kappa shape index (κ3) is 2.65. The highest BCUT2D eigenvalue weighted by atomic mass is 35.5. The van der Waals surface area contributed by atoms with Crippen LogP contribution in [0.5, 0.6) is 0 Å². The van der Waals surface area contributed by atoms with Gasteiger partial charge in [-0.2, -0.15) is 0 Å². The van der Waals surface area contributed by atoms with Gasteiger partial charge in [0.15, 0.2) is 5.65 Å². The predicted molar refractivity (Wildman–Crippen MR) is 88.5 cm³/mol. The molecule has 2 saturated heterocycles. The first kappa shape index (κ1) is 15.5. The lowest BCUT2D eigenvalue weighted by Crippen LogP contribution is -2.36. The molecule has 2 aromatic heterocycles. The highest BCUT2D eigenvalue weighted by Crippen LogP contribution is 2.28. The lowest BCUT2D eigenvalue weighted by molar-refractivity contribution is 0.123. The minimum Gasteiger partial charge on any atom is -0.447 e. The molecule has 2 aromatic rings. The van der Waals surface area contributed by atoms with Crippen LogP contribution in [0, 0.1) is 0 Å². The van der Waals surface area contributed by atoms with Crippen molar-refractivity contribution in [3.8, 4) is 0 Å². The minimum atomic E-state index is -0.301. The molecule has 24 heavy (non-hydrogen) atoms. The number of fused-ring (bicyclic) bond motifs is 1. The Hall–Kier alpha value is -2.06. The van der Waals surface area contributed by atoms with Gasteiger partial charge in [-0.05, 0) is 0 Å². The number of carbonyl (C=O) groups is 1. The van der Waals surface area contributed by atoms with Gasteiger partial charge in [-0.1, -0.05) is 11.6 Å². The number of pyridine rings is 1. The van der Waals surface area contributed by atoms with Crippen LogP contribution in [0.2, 0.25) is 5.15 Å². The van der Waals surface area contributed by atoms with Crippen molar-refractivity contribution in [2.24, 2.45) is 0 Å². The van der Waals surface area contributed by atoms with E-state index in [-0.39, 0.29) is 12.1 Å². The number of nitrogens with zero attached hydrogens (tertiary/aromatic N) is 5. The van der Waals surface area contributed by atoms with E-state index in [4.69, 9.17) is 21.1 Å². The SMILES string of the molecule is CN1C(=O)OC[C@H]1Cn1cnc2c(N3CCOCC3)cc(Cl)nc21. The van der Waals surface area contributed by atoms with Crippen molar-refractivity contribution >= 4 is 34.5 Å². The molecule has 2 aliphatic rings. The molecule has 0 saturated carbocycles. The van der Waals surface area contributed by atoms with Gasteiger partial charge in [-0.3, -0.25) is 0 Å². The maximum absolute atomic E-state index is 11.5. The molecule has 2 aliphatic heterocycles. The summed E-state index contributed by atoms with van der Waals surface area (Å²) in [6, 6.07) is 1.81. The van der Waals surface area contributed by atoms with Crippen LogP contribution < -0.4 is 4.90 Å². The summed E-state index contributed by atoms with van der Waals surface area (Å²) in [5.74, 6) is 0. The van der Waals surface area contributed by atoms with Gasteiger partial charge in [0.25, 0.3) is 0 Å². The van der Waals surface area contributed by atoms with Crippen molar-refractivity contribution in [2.75, 3.05) is 44.9 Å². The smallest absolute Gasteiger partial charge is 0.410 e. The third-order valence-electron chi connectivity index (χ3n) is 4.52. The molecule has 0 N–H and O–H groups in total. The molecular formula is C15H18ClN5O3. The molecule has 4 rings (SSSR count). The zero-order valence-electron chi connectivity index (χ0n) is 13.3. The molecule has 8 nitrogen and oxygen atoms in total. The summed E-state index contributed by atoms with van der Waals surface area (Å²) in [4.78, 5) is 24.3. The molecule has 2 fully saturated rings. The average Bonchev–Trinajstić information content (AvgIpc) is 3.13. The number of ether oxygens (including phenoxy) is 2. The van der Waals surface area contributed by atoms with Crippen molar-refractivity contribution in [3.63, 3.8) is 0 Å². The molecule has 4 heterocycles. The van der Waals surface area contributed by atoms with Crippen molar-refractivity contribution in [1.29, 1.82) is 0 Å². The normalized spacial score (nSPS) is 21.6. The van der Waals surface area contributed by atoms with Gasteiger partial charge in [0, 0.05) is 32.7 Å². The number of amides is 1. The summed E-state index contributed by atoms with van der Waals surface area (Å²) in [6.07, 6.45) is 1.44. The van der Waals surface area contributed by atoms with E-state index in [9.17, 15) is 4.79 Å². The van der Waals surface area contributed by atoms with Crippen LogP contribution in [-0.4, -0.2) is 71.5 Å². The fourth-order valence-corrected chi connectivity index (χ4v) is 3.28. The average molecular weight is 352 g/mol. The van der Waals surface area contributed by atoms with E-state index in [0.29, 0.717) is 31.5 Å². The summed E-state index contributed by atoms with van der Waals surface area (Å²) in [5.41, 5.74) is 2.50. The summed E-state index contributed by atoms with van der Waals surface area (Å²) in [6.45, 7) is 3.91. The number of aromatic nitrogens is 3. The molecule has 128 valence electrons. The topological polar surface area (TPSA) is 72.7 Å². The fourth-order valence-electron chi connectivity index (χ4n) is 3.10. The van der Waals surface area contributed by atoms with Gasteiger partial charge in [0.05, 0.1) is 31.3 Å². The Labute approximate surface area is 143 Å². The van der Waals surface area contributed by atoms with Gasteiger partial charge < -0.3 is 23.8 Å². The number of rotatable bonds is 3. The maximum atomic E-state index is 11.5. The Kier molecular flexibility index (Phi) is 3.93. The third-order valence-corrected chi connectivity index (χ3v) is 4.71. The molecule has 0 aliphatic carbocycles. The Morgan fingerprint density at radius 1 is 1.38 bits per heavy atom. The molecule has 0 spiro atoms. The Balaban J connectivity index is 1.68. The van der Waals surface area contributed by atoms with E-state index in [1.165, 1.54) is 0 Å². The summed E-state index contributed by atoms with van der Waals surface area (Å²) in [7, 11) is 1.73. The molecule has 0 aromatic carbocycles. The number of hydrogen-bond donors (Lipinski definition) is 0. The van der Waals surface area contributed by atoms with Crippen molar-refractivity contribution in [3.05, 3.63) is 17.5 Å². The Morgan fingerprint density at radius 2 is 2.17 bits per heavy atom.